The molecule has 0 saturated carbocycles. The molecule has 156 valence electrons. The lowest BCUT2D eigenvalue weighted by molar-refractivity contribution is 0.301. The van der Waals surface area contributed by atoms with Crippen molar-refractivity contribution < 1.29 is 9.13 Å². The summed E-state index contributed by atoms with van der Waals surface area (Å²) in [5.41, 5.74) is 0.939. The first-order valence-electron chi connectivity index (χ1n) is 9.07. The number of aromatic amines is 1. The minimum atomic E-state index is -0.608. The molecule has 0 bridgehead atoms. The van der Waals surface area contributed by atoms with Crippen LogP contribution in [0.1, 0.15) is 11.1 Å². The van der Waals surface area contributed by atoms with Crippen LogP contribution in [-0.2, 0) is 6.61 Å². The van der Waals surface area contributed by atoms with Crippen molar-refractivity contribution in [1.82, 2.24) is 9.66 Å². The molecule has 3 aromatic carbocycles. The highest BCUT2D eigenvalue weighted by atomic mass is 127. The van der Waals surface area contributed by atoms with E-state index in [4.69, 9.17) is 4.74 Å². The van der Waals surface area contributed by atoms with Crippen LogP contribution >= 0.6 is 45.2 Å². The van der Waals surface area contributed by atoms with Crippen LogP contribution in [0.2, 0.25) is 0 Å². The Morgan fingerprint density at radius 3 is 2.42 bits per heavy atom. The minimum Gasteiger partial charge on any atom is -0.487 e. The van der Waals surface area contributed by atoms with Gasteiger partial charge in [-0.1, -0.05) is 24.3 Å². The van der Waals surface area contributed by atoms with Crippen molar-refractivity contribution in [1.29, 1.82) is 0 Å². The topological polar surface area (TPSA) is 76.5 Å². The number of hydrogen-bond acceptors (Lipinski definition) is 4. The van der Waals surface area contributed by atoms with E-state index in [1.807, 2.05) is 12.1 Å². The van der Waals surface area contributed by atoms with Gasteiger partial charge in [-0.05, 0) is 92.7 Å². The normalized spacial score (nSPS) is 11.3. The number of para-hydroxylation sites is 1. The Hall–Kier alpha value is -2.54. The number of halogens is 3. The van der Waals surface area contributed by atoms with Crippen LogP contribution in [0, 0.1) is 13.0 Å². The van der Waals surface area contributed by atoms with Gasteiger partial charge >= 0.3 is 5.69 Å². The molecule has 0 unspecified atom stereocenters. The maximum Gasteiger partial charge on any atom is 0.349 e. The summed E-state index contributed by atoms with van der Waals surface area (Å²) < 4.78 is 21.4. The number of H-pyrrole nitrogens is 1. The van der Waals surface area contributed by atoms with Gasteiger partial charge in [0, 0.05) is 0 Å². The quantitative estimate of drug-likeness (QED) is 0.258. The van der Waals surface area contributed by atoms with Crippen LogP contribution in [0.4, 0.5) is 4.39 Å². The van der Waals surface area contributed by atoms with E-state index < -0.39 is 11.2 Å². The highest BCUT2D eigenvalue weighted by molar-refractivity contribution is 14.1. The Morgan fingerprint density at radius 2 is 1.71 bits per heavy atom. The monoisotopic (exact) mass is 641 g/mol. The van der Waals surface area contributed by atoms with Crippen molar-refractivity contribution in [2.75, 3.05) is 0 Å². The van der Waals surface area contributed by atoms with Crippen molar-refractivity contribution in [3.05, 3.63) is 106 Å². The van der Waals surface area contributed by atoms with E-state index in [2.05, 4.69) is 55.3 Å². The molecule has 0 aliphatic heterocycles. The Labute approximate surface area is 203 Å². The first kappa shape index (κ1) is 21.7. The van der Waals surface area contributed by atoms with E-state index in [1.54, 1.807) is 36.4 Å². The molecule has 4 aromatic rings. The number of nitrogens with one attached hydrogen (secondary N) is 1. The molecule has 1 aromatic heterocycles. The maximum absolute atomic E-state index is 13.0. The number of aromatic nitrogens is 2. The molecule has 0 atom stereocenters. The molecule has 6 nitrogen and oxygen atoms in total. The molecule has 1 heterocycles. The fourth-order valence-corrected chi connectivity index (χ4v) is 5.04. The lowest BCUT2D eigenvalue weighted by atomic mass is 10.2. The van der Waals surface area contributed by atoms with Crippen LogP contribution in [0.5, 0.6) is 5.75 Å². The van der Waals surface area contributed by atoms with Crippen LogP contribution in [-0.4, -0.2) is 15.9 Å². The van der Waals surface area contributed by atoms with Gasteiger partial charge in [0.05, 0.1) is 24.3 Å². The predicted molar refractivity (Wildman–Crippen MR) is 134 cm³/mol. The fourth-order valence-electron chi connectivity index (χ4n) is 2.91. The van der Waals surface area contributed by atoms with Gasteiger partial charge in [0.2, 0.25) is 0 Å². The number of nitrogens with zero attached hydrogens (tertiary/aromatic N) is 2. The van der Waals surface area contributed by atoms with E-state index >= 15 is 0 Å². The molecule has 0 aliphatic rings. The third kappa shape index (κ3) is 4.87. The Kier molecular flexibility index (Phi) is 6.51. The molecular formula is C22H14FI2N3O3. The van der Waals surface area contributed by atoms with E-state index in [1.165, 1.54) is 18.3 Å². The molecule has 0 amide bonds. The second kappa shape index (κ2) is 9.30. The summed E-state index contributed by atoms with van der Waals surface area (Å²) in [6, 6.07) is 16.6. The largest absolute Gasteiger partial charge is 0.487 e. The molecule has 9 heteroatoms. The first-order chi connectivity index (χ1) is 14.9. The second-order valence-corrected chi connectivity index (χ2v) is 8.89. The van der Waals surface area contributed by atoms with E-state index in [9.17, 15) is 14.0 Å². The molecule has 0 saturated heterocycles. The average molecular weight is 641 g/mol. The summed E-state index contributed by atoms with van der Waals surface area (Å²) in [5.74, 6) is 0.407. The molecule has 31 heavy (non-hydrogen) atoms. The molecule has 0 aliphatic carbocycles. The van der Waals surface area contributed by atoms with E-state index in [0.717, 1.165) is 17.4 Å². The van der Waals surface area contributed by atoms with Gasteiger partial charge in [0.1, 0.15) is 18.2 Å². The molecule has 4 rings (SSSR count). The number of benzene rings is 3. The number of fused-ring (bicyclic) bond motifs is 1. The molecule has 0 fully saturated rings. The maximum atomic E-state index is 13.0. The molecular weight excluding hydrogens is 627 g/mol. The van der Waals surface area contributed by atoms with Crippen molar-refractivity contribution >= 4 is 62.3 Å². The molecule has 0 spiro atoms. The van der Waals surface area contributed by atoms with Gasteiger partial charge in [-0.25, -0.2) is 9.18 Å². The third-order valence-corrected chi connectivity index (χ3v) is 6.03. The standard InChI is InChI=1S/C22H14FI2N3O3/c23-15-7-5-13(6-8-15)12-31-20-17(24)9-14(10-18(20)25)11-26-28-21(29)16-3-1-2-4-19(16)27-22(28)30/h1-11H,12H2,(H,27,30). The minimum absolute atomic E-state index is 0.291. The molecule has 1 N–H and O–H groups in total. The van der Waals surface area contributed by atoms with Crippen molar-refractivity contribution in [2.45, 2.75) is 6.61 Å². The number of ether oxygens (including phenoxy) is 1. The van der Waals surface area contributed by atoms with Crippen LogP contribution in [0.3, 0.4) is 0 Å². The Morgan fingerprint density at radius 1 is 1.03 bits per heavy atom. The summed E-state index contributed by atoms with van der Waals surface area (Å²) in [6.07, 6.45) is 1.46. The summed E-state index contributed by atoms with van der Waals surface area (Å²) >= 11 is 4.30. The van der Waals surface area contributed by atoms with E-state index in [0.29, 0.717) is 28.8 Å². The first-order valence-corrected chi connectivity index (χ1v) is 11.2. The van der Waals surface area contributed by atoms with Gasteiger partial charge in [-0.15, -0.1) is 4.68 Å². The summed E-state index contributed by atoms with van der Waals surface area (Å²) in [4.78, 5) is 27.5. The lowest BCUT2D eigenvalue weighted by Gasteiger charge is -2.11. The predicted octanol–water partition coefficient (Wildman–Crippen LogP) is 4.50. The zero-order chi connectivity index (χ0) is 22.0. The van der Waals surface area contributed by atoms with E-state index in [-0.39, 0.29) is 5.82 Å². The third-order valence-electron chi connectivity index (χ3n) is 4.42. The van der Waals surface area contributed by atoms with Crippen molar-refractivity contribution in [2.24, 2.45) is 5.10 Å². The van der Waals surface area contributed by atoms with Crippen LogP contribution in [0.25, 0.3) is 10.9 Å². The zero-order valence-corrected chi connectivity index (χ0v) is 20.1. The van der Waals surface area contributed by atoms with Crippen LogP contribution < -0.4 is 16.0 Å². The van der Waals surface area contributed by atoms with Gasteiger partial charge in [0.15, 0.2) is 0 Å². The lowest BCUT2D eigenvalue weighted by Crippen LogP contribution is -2.32. The smallest absolute Gasteiger partial charge is 0.349 e. The average Bonchev–Trinajstić information content (AvgIpc) is 2.74. The summed E-state index contributed by atoms with van der Waals surface area (Å²) in [7, 11) is 0. The van der Waals surface area contributed by atoms with Gasteiger partial charge < -0.3 is 9.72 Å². The van der Waals surface area contributed by atoms with Gasteiger partial charge in [-0.2, -0.15) is 5.10 Å². The Balaban J connectivity index is 1.59. The SMILES string of the molecule is O=c1[nH]c2ccccc2c(=O)n1N=Cc1cc(I)c(OCc2ccc(F)cc2)c(I)c1. The number of rotatable bonds is 5. The highest BCUT2D eigenvalue weighted by Gasteiger charge is 2.10. The van der Waals surface area contributed by atoms with Gasteiger partial charge in [-0.3, -0.25) is 4.79 Å². The zero-order valence-electron chi connectivity index (χ0n) is 15.8. The van der Waals surface area contributed by atoms with Crippen molar-refractivity contribution in [3.8, 4) is 5.75 Å². The molecule has 0 radical (unpaired) electrons. The number of hydrogen-bond donors (Lipinski definition) is 1. The van der Waals surface area contributed by atoms with Crippen LogP contribution in [0.15, 0.2) is 75.4 Å². The summed E-state index contributed by atoms with van der Waals surface area (Å²) in [5, 5.41) is 4.47. The summed E-state index contributed by atoms with van der Waals surface area (Å²) in [6.45, 7) is 0.307. The fraction of sp³-hybridized carbons (Fsp3) is 0.0455. The highest BCUT2D eigenvalue weighted by Crippen LogP contribution is 2.29. The second-order valence-electron chi connectivity index (χ2n) is 6.57. The Bertz CT molecular complexity index is 1390. The van der Waals surface area contributed by atoms with Crippen molar-refractivity contribution in [3.63, 3.8) is 0 Å². The van der Waals surface area contributed by atoms with Gasteiger partial charge in [0.25, 0.3) is 5.56 Å².